The fraction of sp³-hybridized carbons (Fsp3) is 0. The number of carbonyl (C=O) groups excluding carboxylic acids is 1. The van der Waals surface area contributed by atoms with E-state index in [4.69, 9.17) is 30.0 Å². The number of carboxylic acid groups (broad SMARTS) is 4. The average Bonchev–Trinajstić information content (AvgIpc) is 1.93. The molecule has 0 radical (unpaired) electrons. The molecule has 0 bridgehead atoms. The van der Waals surface area contributed by atoms with Crippen molar-refractivity contribution >= 4 is 12.3 Å². The van der Waals surface area contributed by atoms with Crippen LogP contribution < -0.4 is 33.6 Å². The predicted octanol–water partition coefficient (Wildman–Crippen LogP) is -4.59. The zero-order valence-electron chi connectivity index (χ0n) is 6.54. The van der Waals surface area contributed by atoms with Gasteiger partial charge in [0.05, 0.1) is 0 Å². The predicted molar refractivity (Wildman–Crippen MR) is 32.8 cm³/mol. The summed E-state index contributed by atoms with van der Waals surface area (Å²) >= 11 is 0. The molecule has 11 heteroatoms. The first kappa shape index (κ1) is 29.6. The Bertz CT molecular complexity index is 80.6. The molecule has 10 N–H and O–H groups in total. The summed E-state index contributed by atoms with van der Waals surface area (Å²) in [7, 11) is 0. The average molecular weight is 252 g/mol. The molecule has 0 aromatic carbocycles. The largest absolute Gasteiger partial charge is 2.00 e. The maximum atomic E-state index is 8.56. The third-order valence-corrected chi connectivity index (χ3v) is 0. The molecule has 76 valence electrons. The van der Waals surface area contributed by atoms with Crippen LogP contribution in [0.2, 0.25) is 0 Å². The molecule has 0 saturated heterocycles. The van der Waals surface area contributed by atoms with Gasteiger partial charge in [-0.15, -0.1) is 0 Å². The van der Waals surface area contributed by atoms with E-state index < -0.39 is 12.3 Å². The van der Waals surface area contributed by atoms with E-state index in [1.165, 1.54) is 0 Å². The molecule has 0 spiro atoms. The Balaban J connectivity index is -0.0000000226. The van der Waals surface area contributed by atoms with Gasteiger partial charge in [0.25, 0.3) is 0 Å². The summed E-state index contributed by atoms with van der Waals surface area (Å²) in [5, 5.41) is 30.6. The van der Waals surface area contributed by atoms with Crippen molar-refractivity contribution in [2.45, 2.75) is 0 Å². The fourth-order valence-corrected chi connectivity index (χ4v) is 0. The molecule has 10 nitrogen and oxygen atoms in total. The molecule has 0 aliphatic carbocycles. The van der Waals surface area contributed by atoms with Crippen LogP contribution in [0.1, 0.15) is 0 Å². The topological polar surface area (TPSA) is 225 Å². The van der Waals surface area contributed by atoms with Crippen LogP contribution in [-0.2, 0) is 19.5 Å². The zero-order chi connectivity index (χ0) is 11.2. The minimum Gasteiger partial charge on any atom is -0.652 e. The summed E-state index contributed by atoms with van der Waals surface area (Å²) in [6, 6.07) is 0. The fourth-order valence-electron chi connectivity index (χ4n) is 0. The molecule has 0 rings (SSSR count). The molecule has 0 aromatic heterocycles. The molecule has 0 unspecified atom stereocenters. The third-order valence-electron chi connectivity index (χ3n) is 0. The summed E-state index contributed by atoms with van der Waals surface area (Å²) in [5.74, 6) is 16.0. The van der Waals surface area contributed by atoms with Gasteiger partial charge in [-0.25, -0.2) is 4.79 Å². The van der Waals surface area contributed by atoms with Crippen LogP contribution in [-0.4, -0.2) is 22.5 Å². The number of nitrogens with two attached hydrogens (primary N) is 4. The van der Waals surface area contributed by atoms with Gasteiger partial charge in [-0.2, -0.15) is 0 Å². The normalized spacial score (nSPS) is 4.62. The minimum atomic E-state index is -2.33. The monoisotopic (exact) mass is 250 g/mol. The third kappa shape index (κ3) is 898. The van der Waals surface area contributed by atoms with Crippen molar-refractivity contribution in [1.82, 2.24) is 0 Å². The Morgan fingerprint density at radius 1 is 0.923 bits per heavy atom. The van der Waals surface area contributed by atoms with Crippen LogP contribution in [0.4, 0.5) is 9.59 Å². The van der Waals surface area contributed by atoms with E-state index >= 15 is 0 Å². The molecule has 0 saturated carbocycles. The van der Waals surface area contributed by atoms with Gasteiger partial charge < -0.3 is 25.2 Å². The van der Waals surface area contributed by atoms with Gasteiger partial charge in [0, 0.05) is 0 Å². The van der Waals surface area contributed by atoms with Gasteiger partial charge in [-0.05, 0) is 6.16 Å². The van der Waals surface area contributed by atoms with Gasteiger partial charge in [0.15, 0.2) is 0 Å². The summed E-state index contributed by atoms with van der Waals surface area (Å²) in [4.78, 5) is 16.9. The van der Waals surface area contributed by atoms with Crippen molar-refractivity contribution in [2.24, 2.45) is 23.4 Å². The molecule has 13 heavy (non-hydrogen) atoms. The molecule has 0 amide bonds. The number of hydrazine groups is 2. The second kappa shape index (κ2) is 44.0. The second-order valence-corrected chi connectivity index (χ2v) is 0.533. The Morgan fingerprint density at radius 3 is 0.923 bits per heavy atom. The Morgan fingerprint density at radius 2 is 0.923 bits per heavy atom. The van der Waals surface area contributed by atoms with Crippen molar-refractivity contribution in [1.29, 1.82) is 0 Å². The molecule has 0 fully saturated rings. The van der Waals surface area contributed by atoms with Gasteiger partial charge >= 0.3 is 25.6 Å². The smallest absolute Gasteiger partial charge is 0.652 e. The van der Waals surface area contributed by atoms with Gasteiger partial charge in [-0.1, -0.05) is 0 Å². The first-order valence-electron chi connectivity index (χ1n) is 1.93. The van der Waals surface area contributed by atoms with Crippen LogP contribution in [0.5, 0.6) is 0 Å². The second-order valence-electron chi connectivity index (χ2n) is 0.533. The summed E-state index contributed by atoms with van der Waals surface area (Å²) in [6.45, 7) is 0. The number of carbonyl (C=O) groups is 2. The molecule has 0 aliphatic heterocycles. The Kier molecular flexibility index (Phi) is 100. The summed E-state index contributed by atoms with van der Waals surface area (Å²) < 4.78 is 0. The van der Waals surface area contributed by atoms with Crippen LogP contribution in [0, 0.1) is 0 Å². The summed E-state index contributed by atoms with van der Waals surface area (Å²) in [6.07, 6.45) is -4.17. The molecular weight excluding hydrogens is 241 g/mol. The van der Waals surface area contributed by atoms with Crippen molar-refractivity contribution < 1.29 is 49.5 Å². The van der Waals surface area contributed by atoms with E-state index in [1.807, 2.05) is 0 Å². The first-order valence-corrected chi connectivity index (χ1v) is 1.93. The molecular formula is C2H10N4O6Zn. The molecule has 0 aliphatic rings. The maximum absolute atomic E-state index is 8.56. The number of hydrogen-bond donors (Lipinski definition) is 6. The zero-order valence-corrected chi connectivity index (χ0v) is 9.51. The van der Waals surface area contributed by atoms with Gasteiger partial charge in [-0.3, -0.25) is 23.4 Å². The maximum Gasteiger partial charge on any atom is 2.00 e. The Labute approximate surface area is 85.8 Å². The molecule has 0 heterocycles. The van der Waals surface area contributed by atoms with Gasteiger partial charge in [0.2, 0.25) is 0 Å². The van der Waals surface area contributed by atoms with E-state index in [0.717, 1.165) is 0 Å². The van der Waals surface area contributed by atoms with Crippen molar-refractivity contribution in [3.8, 4) is 0 Å². The van der Waals surface area contributed by atoms with Crippen molar-refractivity contribution in [3.63, 3.8) is 0 Å². The first-order chi connectivity index (χ1) is 5.46. The number of hydrogen-bond acceptors (Lipinski definition) is 8. The van der Waals surface area contributed by atoms with Crippen LogP contribution in [0.3, 0.4) is 0 Å². The van der Waals surface area contributed by atoms with Crippen LogP contribution >= 0.6 is 0 Å². The van der Waals surface area contributed by atoms with E-state index in [9.17, 15) is 0 Å². The van der Waals surface area contributed by atoms with E-state index in [-0.39, 0.29) is 19.5 Å². The van der Waals surface area contributed by atoms with E-state index in [2.05, 4.69) is 23.4 Å². The van der Waals surface area contributed by atoms with Crippen molar-refractivity contribution in [3.05, 3.63) is 0 Å². The van der Waals surface area contributed by atoms with Crippen LogP contribution in [0.15, 0.2) is 0 Å². The standard InChI is InChI=1S/2CH2O3.2H4N2.Zn/c2*2-1(3)4;2*1-2;/h2*(H2,2,3,4);2*1-2H2;/q;;;;+2/p-2. The van der Waals surface area contributed by atoms with Crippen LogP contribution in [0.25, 0.3) is 0 Å². The van der Waals surface area contributed by atoms with E-state index in [1.54, 1.807) is 0 Å². The van der Waals surface area contributed by atoms with Gasteiger partial charge in [0.1, 0.15) is 0 Å². The summed E-state index contributed by atoms with van der Waals surface area (Å²) in [5.41, 5.74) is 0. The SMILES string of the molecule is NN.NN.O=C(O)O.O=C([O-])[O-].[Zn+2]. The van der Waals surface area contributed by atoms with E-state index in [0.29, 0.717) is 0 Å². The molecule has 0 aromatic rings. The number of rotatable bonds is 0. The quantitative estimate of drug-likeness (QED) is 0.137. The molecule has 0 atom stereocenters. The van der Waals surface area contributed by atoms with Crippen molar-refractivity contribution in [2.75, 3.05) is 0 Å². The Hall–Kier alpha value is -0.997. The minimum absolute atomic E-state index is 0.